The van der Waals surface area contributed by atoms with Gasteiger partial charge >= 0.3 is 0 Å². The molecular weight excluding hydrogens is 264 g/mol. The third-order valence-electron chi connectivity index (χ3n) is 2.96. The van der Waals surface area contributed by atoms with Gasteiger partial charge in [0.05, 0.1) is 0 Å². The van der Waals surface area contributed by atoms with Crippen molar-refractivity contribution in [2.24, 2.45) is 0 Å². The highest BCUT2D eigenvalue weighted by atomic mass is 35.5. The maximum Gasteiger partial charge on any atom is 0.253 e. The van der Waals surface area contributed by atoms with Gasteiger partial charge in [-0.1, -0.05) is 6.07 Å². The zero-order valence-electron chi connectivity index (χ0n) is 11.4. The first kappa shape index (κ1) is 13.9. The van der Waals surface area contributed by atoms with Crippen molar-refractivity contribution in [3.05, 3.63) is 40.6 Å². The molecule has 5 heteroatoms. The van der Waals surface area contributed by atoms with E-state index >= 15 is 0 Å². The third-order valence-corrected chi connectivity index (χ3v) is 3.15. The molecule has 2 rings (SSSR count). The molecular formula is C14H17ClN2O2. The minimum atomic E-state index is 0.276. The number of nitrogens with zero attached hydrogens (tertiary/aromatic N) is 2. The maximum absolute atomic E-state index is 5.72. The van der Waals surface area contributed by atoms with Crippen molar-refractivity contribution < 1.29 is 9.15 Å². The van der Waals surface area contributed by atoms with Crippen molar-refractivity contribution in [2.45, 2.75) is 33.8 Å². The Labute approximate surface area is 117 Å². The number of hydrogen-bond donors (Lipinski definition) is 0. The van der Waals surface area contributed by atoms with Gasteiger partial charge in [-0.25, -0.2) is 0 Å². The molecule has 0 spiro atoms. The fourth-order valence-corrected chi connectivity index (χ4v) is 1.92. The number of aryl methyl sites for hydroxylation is 4. The SMILES string of the molecule is Cc1cc(C)c(OCc2nnc(CCCl)o2)cc1C. The minimum absolute atomic E-state index is 0.276. The van der Waals surface area contributed by atoms with Crippen molar-refractivity contribution in [3.63, 3.8) is 0 Å². The van der Waals surface area contributed by atoms with Gasteiger partial charge in [-0.15, -0.1) is 21.8 Å². The largest absolute Gasteiger partial charge is 0.484 e. The first-order valence-electron chi connectivity index (χ1n) is 6.18. The van der Waals surface area contributed by atoms with E-state index in [0.717, 1.165) is 11.3 Å². The van der Waals surface area contributed by atoms with E-state index in [9.17, 15) is 0 Å². The lowest BCUT2D eigenvalue weighted by Gasteiger charge is -2.10. The molecule has 1 aromatic heterocycles. The van der Waals surface area contributed by atoms with E-state index in [-0.39, 0.29) is 6.61 Å². The predicted molar refractivity (Wildman–Crippen MR) is 73.7 cm³/mol. The first-order chi connectivity index (χ1) is 9.10. The van der Waals surface area contributed by atoms with Crippen LogP contribution in [0.3, 0.4) is 0 Å². The van der Waals surface area contributed by atoms with Gasteiger partial charge in [-0.3, -0.25) is 0 Å². The van der Waals surface area contributed by atoms with Gasteiger partial charge in [-0.05, 0) is 43.5 Å². The molecule has 2 aromatic rings. The lowest BCUT2D eigenvalue weighted by atomic mass is 10.1. The molecule has 0 saturated heterocycles. The normalized spacial score (nSPS) is 10.7. The summed E-state index contributed by atoms with van der Waals surface area (Å²) in [5.74, 6) is 2.34. The molecule has 0 aliphatic heterocycles. The van der Waals surface area contributed by atoms with Crippen molar-refractivity contribution in [1.82, 2.24) is 10.2 Å². The Hall–Kier alpha value is -1.55. The minimum Gasteiger partial charge on any atom is -0.484 e. The summed E-state index contributed by atoms with van der Waals surface area (Å²) in [4.78, 5) is 0. The first-order valence-corrected chi connectivity index (χ1v) is 6.71. The summed E-state index contributed by atoms with van der Waals surface area (Å²) in [5.41, 5.74) is 3.56. The third kappa shape index (κ3) is 3.47. The summed E-state index contributed by atoms with van der Waals surface area (Å²) < 4.78 is 11.1. The summed E-state index contributed by atoms with van der Waals surface area (Å²) in [7, 11) is 0. The fourth-order valence-electron chi connectivity index (χ4n) is 1.76. The summed E-state index contributed by atoms with van der Waals surface area (Å²) in [6.45, 7) is 6.45. The van der Waals surface area contributed by atoms with Gasteiger partial charge < -0.3 is 9.15 Å². The average molecular weight is 281 g/mol. The van der Waals surface area contributed by atoms with Gasteiger partial charge in [0, 0.05) is 12.3 Å². The number of aromatic nitrogens is 2. The Morgan fingerprint density at radius 3 is 2.47 bits per heavy atom. The molecule has 0 radical (unpaired) electrons. The molecule has 0 atom stereocenters. The molecule has 1 heterocycles. The topological polar surface area (TPSA) is 48.2 Å². The number of rotatable bonds is 5. The predicted octanol–water partition coefficient (Wildman–Crippen LogP) is 3.36. The van der Waals surface area contributed by atoms with E-state index in [1.165, 1.54) is 11.1 Å². The number of hydrogen-bond acceptors (Lipinski definition) is 4. The quantitative estimate of drug-likeness (QED) is 0.788. The highest BCUT2D eigenvalue weighted by Crippen LogP contribution is 2.23. The molecule has 19 heavy (non-hydrogen) atoms. The van der Waals surface area contributed by atoms with Crippen LogP contribution in [0.4, 0.5) is 0 Å². The lowest BCUT2D eigenvalue weighted by Crippen LogP contribution is -1.98. The van der Waals surface area contributed by atoms with Crippen LogP contribution >= 0.6 is 11.6 Å². The van der Waals surface area contributed by atoms with Crippen LogP contribution in [0.15, 0.2) is 16.5 Å². The van der Waals surface area contributed by atoms with Crippen LogP contribution in [0.5, 0.6) is 5.75 Å². The second kappa shape index (κ2) is 6.06. The van der Waals surface area contributed by atoms with Gasteiger partial charge in [0.15, 0.2) is 6.61 Å². The van der Waals surface area contributed by atoms with E-state index in [0.29, 0.717) is 24.1 Å². The molecule has 102 valence electrons. The molecule has 0 amide bonds. The standard InChI is InChI=1S/C14H17ClN2O2/c1-9-6-11(3)12(7-10(9)2)18-8-14-17-16-13(19-14)4-5-15/h6-7H,4-5,8H2,1-3H3. The molecule has 0 aliphatic rings. The second-order valence-corrected chi connectivity index (χ2v) is 4.90. The fraction of sp³-hybridized carbons (Fsp3) is 0.429. The Bertz CT molecular complexity index is 567. The van der Waals surface area contributed by atoms with E-state index in [1.807, 2.05) is 13.0 Å². The molecule has 0 aliphatic carbocycles. The molecule has 0 saturated carbocycles. The summed E-state index contributed by atoms with van der Waals surface area (Å²) in [6, 6.07) is 4.14. The van der Waals surface area contributed by atoms with Crippen molar-refractivity contribution >= 4 is 11.6 Å². The number of halogens is 1. The Morgan fingerprint density at radius 1 is 1.05 bits per heavy atom. The van der Waals surface area contributed by atoms with Crippen LogP contribution in [0.1, 0.15) is 28.5 Å². The van der Waals surface area contributed by atoms with Crippen LogP contribution in [-0.2, 0) is 13.0 Å². The Morgan fingerprint density at radius 2 is 1.74 bits per heavy atom. The monoisotopic (exact) mass is 280 g/mol. The molecule has 4 nitrogen and oxygen atoms in total. The molecule has 0 bridgehead atoms. The number of alkyl halides is 1. The zero-order valence-corrected chi connectivity index (χ0v) is 12.1. The smallest absolute Gasteiger partial charge is 0.253 e. The maximum atomic E-state index is 5.72. The molecule has 0 fully saturated rings. The summed E-state index contributed by atoms with van der Waals surface area (Å²) in [5, 5.41) is 7.81. The van der Waals surface area contributed by atoms with Crippen LogP contribution < -0.4 is 4.74 Å². The number of benzene rings is 1. The lowest BCUT2D eigenvalue weighted by molar-refractivity contribution is 0.257. The van der Waals surface area contributed by atoms with Crippen LogP contribution in [-0.4, -0.2) is 16.1 Å². The van der Waals surface area contributed by atoms with E-state index in [1.54, 1.807) is 0 Å². The summed E-state index contributed by atoms with van der Waals surface area (Å²) in [6.07, 6.45) is 0.581. The van der Waals surface area contributed by atoms with E-state index < -0.39 is 0 Å². The van der Waals surface area contributed by atoms with Crippen LogP contribution in [0, 0.1) is 20.8 Å². The molecule has 0 N–H and O–H groups in total. The highest BCUT2D eigenvalue weighted by molar-refractivity contribution is 6.17. The molecule has 1 aromatic carbocycles. The van der Waals surface area contributed by atoms with Gasteiger partial charge in [0.1, 0.15) is 5.75 Å². The van der Waals surface area contributed by atoms with Gasteiger partial charge in [0.25, 0.3) is 5.89 Å². The van der Waals surface area contributed by atoms with Crippen LogP contribution in [0.25, 0.3) is 0 Å². The summed E-state index contributed by atoms with van der Waals surface area (Å²) >= 11 is 5.61. The van der Waals surface area contributed by atoms with Crippen LogP contribution in [0.2, 0.25) is 0 Å². The zero-order chi connectivity index (χ0) is 13.8. The average Bonchev–Trinajstić information content (AvgIpc) is 2.80. The van der Waals surface area contributed by atoms with E-state index in [4.69, 9.17) is 20.8 Å². The highest BCUT2D eigenvalue weighted by Gasteiger charge is 2.08. The van der Waals surface area contributed by atoms with E-state index in [2.05, 4.69) is 30.1 Å². The number of ether oxygens (including phenoxy) is 1. The van der Waals surface area contributed by atoms with Crippen molar-refractivity contribution in [3.8, 4) is 5.75 Å². The van der Waals surface area contributed by atoms with Crippen molar-refractivity contribution in [1.29, 1.82) is 0 Å². The van der Waals surface area contributed by atoms with Gasteiger partial charge in [0.2, 0.25) is 5.89 Å². The Kier molecular flexibility index (Phi) is 4.43. The second-order valence-electron chi connectivity index (χ2n) is 4.52. The molecule has 0 unspecified atom stereocenters. The van der Waals surface area contributed by atoms with Gasteiger partial charge in [-0.2, -0.15) is 0 Å². The van der Waals surface area contributed by atoms with Crippen molar-refractivity contribution in [2.75, 3.05) is 5.88 Å². The Balaban J connectivity index is 2.03.